The van der Waals surface area contributed by atoms with Crippen molar-refractivity contribution in [2.24, 2.45) is 5.73 Å². The SMILES string of the molecule is CCCCC(CC)(CN)Nc1ccccc1OC. The smallest absolute Gasteiger partial charge is 0.141 e. The van der Waals surface area contributed by atoms with Crippen molar-refractivity contribution in [3.63, 3.8) is 0 Å². The lowest BCUT2D eigenvalue weighted by Gasteiger charge is -2.34. The highest BCUT2D eigenvalue weighted by molar-refractivity contribution is 5.57. The van der Waals surface area contributed by atoms with Crippen LogP contribution in [0.15, 0.2) is 24.3 Å². The minimum absolute atomic E-state index is 0.0232. The molecular formula is C15H26N2O. The molecule has 0 aliphatic carbocycles. The van der Waals surface area contributed by atoms with Crippen molar-refractivity contribution >= 4 is 5.69 Å². The van der Waals surface area contributed by atoms with Crippen LogP contribution in [0, 0.1) is 0 Å². The Labute approximate surface area is 111 Å². The van der Waals surface area contributed by atoms with Gasteiger partial charge in [-0.1, -0.05) is 38.8 Å². The number of benzene rings is 1. The minimum atomic E-state index is -0.0232. The number of nitrogens with one attached hydrogen (secondary N) is 1. The summed E-state index contributed by atoms with van der Waals surface area (Å²) in [4.78, 5) is 0. The molecule has 1 rings (SSSR count). The Kier molecular flexibility index (Phi) is 5.99. The lowest BCUT2D eigenvalue weighted by atomic mass is 9.89. The van der Waals surface area contributed by atoms with Crippen molar-refractivity contribution in [3.05, 3.63) is 24.3 Å². The maximum Gasteiger partial charge on any atom is 0.141 e. The van der Waals surface area contributed by atoms with Crippen LogP contribution < -0.4 is 15.8 Å². The molecule has 0 aliphatic heterocycles. The summed E-state index contributed by atoms with van der Waals surface area (Å²) in [6, 6.07) is 8.01. The van der Waals surface area contributed by atoms with Crippen LogP contribution in [0.4, 0.5) is 5.69 Å². The molecule has 102 valence electrons. The molecule has 0 fully saturated rings. The second-order valence-electron chi connectivity index (χ2n) is 4.77. The van der Waals surface area contributed by atoms with E-state index in [2.05, 4.69) is 19.2 Å². The molecule has 3 N–H and O–H groups in total. The number of anilines is 1. The summed E-state index contributed by atoms with van der Waals surface area (Å²) in [6.45, 7) is 5.03. The van der Waals surface area contributed by atoms with Crippen LogP contribution in [0.2, 0.25) is 0 Å². The molecular weight excluding hydrogens is 224 g/mol. The van der Waals surface area contributed by atoms with Gasteiger partial charge in [0.05, 0.1) is 12.8 Å². The Bertz CT molecular complexity index is 348. The summed E-state index contributed by atoms with van der Waals surface area (Å²) in [5.74, 6) is 0.875. The Balaban J connectivity index is 2.88. The van der Waals surface area contributed by atoms with Crippen LogP contribution in [0.1, 0.15) is 39.5 Å². The van der Waals surface area contributed by atoms with E-state index in [-0.39, 0.29) is 5.54 Å². The fourth-order valence-corrected chi connectivity index (χ4v) is 2.17. The zero-order valence-corrected chi connectivity index (χ0v) is 11.8. The average molecular weight is 250 g/mol. The average Bonchev–Trinajstić information content (AvgIpc) is 2.44. The molecule has 18 heavy (non-hydrogen) atoms. The van der Waals surface area contributed by atoms with Crippen molar-refractivity contribution in [2.45, 2.75) is 45.1 Å². The highest BCUT2D eigenvalue weighted by Gasteiger charge is 2.26. The second-order valence-corrected chi connectivity index (χ2v) is 4.77. The molecule has 3 heteroatoms. The summed E-state index contributed by atoms with van der Waals surface area (Å²) in [7, 11) is 1.70. The number of methoxy groups -OCH3 is 1. The van der Waals surface area contributed by atoms with Gasteiger partial charge in [-0.2, -0.15) is 0 Å². The zero-order valence-electron chi connectivity index (χ0n) is 11.8. The third-order valence-electron chi connectivity index (χ3n) is 3.58. The Morgan fingerprint density at radius 1 is 1.28 bits per heavy atom. The van der Waals surface area contributed by atoms with E-state index in [9.17, 15) is 0 Å². The van der Waals surface area contributed by atoms with E-state index >= 15 is 0 Å². The first-order valence-electron chi connectivity index (χ1n) is 6.82. The van der Waals surface area contributed by atoms with Crippen LogP contribution in [-0.4, -0.2) is 19.2 Å². The Morgan fingerprint density at radius 3 is 2.56 bits per heavy atom. The largest absolute Gasteiger partial charge is 0.495 e. The topological polar surface area (TPSA) is 47.3 Å². The van der Waals surface area contributed by atoms with Crippen LogP contribution >= 0.6 is 0 Å². The van der Waals surface area contributed by atoms with Crippen molar-refractivity contribution in [1.82, 2.24) is 0 Å². The number of hydrogen-bond donors (Lipinski definition) is 2. The lowest BCUT2D eigenvalue weighted by Crippen LogP contribution is -2.45. The first kappa shape index (κ1) is 14.8. The molecule has 1 aromatic rings. The van der Waals surface area contributed by atoms with E-state index in [1.165, 1.54) is 12.8 Å². The summed E-state index contributed by atoms with van der Waals surface area (Å²) in [5.41, 5.74) is 7.00. The fourth-order valence-electron chi connectivity index (χ4n) is 2.17. The molecule has 0 bridgehead atoms. The van der Waals surface area contributed by atoms with E-state index in [4.69, 9.17) is 10.5 Å². The summed E-state index contributed by atoms with van der Waals surface area (Å²) < 4.78 is 5.38. The predicted molar refractivity (Wildman–Crippen MR) is 78.2 cm³/mol. The monoisotopic (exact) mass is 250 g/mol. The highest BCUT2D eigenvalue weighted by atomic mass is 16.5. The maximum absolute atomic E-state index is 6.00. The van der Waals surface area contributed by atoms with Gasteiger partial charge < -0.3 is 15.8 Å². The summed E-state index contributed by atoms with van der Waals surface area (Å²) in [6.07, 6.45) is 4.48. The Hall–Kier alpha value is -1.22. The molecule has 0 aliphatic rings. The number of para-hydroxylation sites is 2. The number of hydrogen-bond acceptors (Lipinski definition) is 3. The molecule has 0 aromatic heterocycles. The molecule has 1 unspecified atom stereocenters. The first-order chi connectivity index (χ1) is 8.71. The van der Waals surface area contributed by atoms with Gasteiger partial charge >= 0.3 is 0 Å². The predicted octanol–water partition coefficient (Wildman–Crippen LogP) is 3.40. The molecule has 3 nitrogen and oxygen atoms in total. The van der Waals surface area contributed by atoms with Gasteiger partial charge in [0, 0.05) is 12.1 Å². The number of unbranched alkanes of at least 4 members (excludes halogenated alkanes) is 1. The van der Waals surface area contributed by atoms with Crippen LogP contribution in [0.25, 0.3) is 0 Å². The molecule has 0 spiro atoms. The third-order valence-corrected chi connectivity index (χ3v) is 3.58. The van der Waals surface area contributed by atoms with Crippen molar-refractivity contribution in [2.75, 3.05) is 19.0 Å². The van der Waals surface area contributed by atoms with Crippen molar-refractivity contribution in [3.8, 4) is 5.75 Å². The third kappa shape index (κ3) is 3.64. The summed E-state index contributed by atoms with van der Waals surface area (Å²) >= 11 is 0. The minimum Gasteiger partial charge on any atom is -0.495 e. The van der Waals surface area contributed by atoms with Gasteiger partial charge in [0.1, 0.15) is 5.75 Å². The summed E-state index contributed by atoms with van der Waals surface area (Å²) in [5, 5.41) is 3.60. The van der Waals surface area contributed by atoms with Gasteiger partial charge in [-0.15, -0.1) is 0 Å². The second kappa shape index (κ2) is 7.27. The first-order valence-corrected chi connectivity index (χ1v) is 6.82. The zero-order chi connectivity index (χ0) is 13.4. The van der Waals surface area contributed by atoms with Crippen LogP contribution in [-0.2, 0) is 0 Å². The van der Waals surface area contributed by atoms with Gasteiger partial charge in [-0.3, -0.25) is 0 Å². The van der Waals surface area contributed by atoms with Gasteiger partial charge in [0.25, 0.3) is 0 Å². The van der Waals surface area contributed by atoms with Gasteiger partial charge in [0.2, 0.25) is 0 Å². The van der Waals surface area contributed by atoms with E-state index in [1.54, 1.807) is 7.11 Å². The molecule has 0 heterocycles. The number of nitrogens with two attached hydrogens (primary N) is 1. The number of ether oxygens (including phenoxy) is 1. The maximum atomic E-state index is 6.00. The van der Waals surface area contributed by atoms with E-state index in [1.807, 2.05) is 24.3 Å². The quantitative estimate of drug-likeness (QED) is 0.743. The highest BCUT2D eigenvalue weighted by Crippen LogP contribution is 2.30. The lowest BCUT2D eigenvalue weighted by molar-refractivity contribution is 0.396. The normalized spacial score (nSPS) is 14.0. The van der Waals surface area contributed by atoms with Crippen molar-refractivity contribution < 1.29 is 4.74 Å². The van der Waals surface area contributed by atoms with Crippen LogP contribution in [0.3, 0.4) is 0 Å². The molecule has 1 aromatic carbocycles. The standard InChI is InChI=1S/C15H26N2O/c1-4-6-11-15(5-2,12-16)17-13-9-7-8-10-14(13)18-3/h7-10,17H,4-6,11-12,16H2,1-3H3. The molecule has 0 amide bonds. The van der Waals surface area contributed by atoms with E-state index in [0.29, 0.717) is 6.54 Å². The number of rotatable bonds is 8. The fraction of sp³-hybridized carbons (Fsp3) is 0.600. The molecule has 0 saturated heterocycles. The van der Waals surface area contributed by atoms with Crippen molar-refractivity contribution in [1.29, 1.82) is 0 Å². The molecule has 1 atom stereocenters. The van der Waals surface area contributed by atoms with E-state index in [0.717, 1.165) is 24.3 Å². The molecule has 0 saturated carbocycles. The van der Waals surface area contributed by atoms with E-state index < -0.39 is 0 Å². The van der Waals surface area contributed by atoms with Crippen LogP contribution in [0.5, 0.6) is 5.75 Å². The molecule has 0 radical (unpaired) electrons. The van der Waals surface area contributed by atoms with Gasteiger partial charge in [0.15, 0.2) is 0 Å². The Morgan fingerprint density at radius 2 is 2.00 bits per heavy atom. The van der Waals surface area contributed by atoms with Gasteiger partial charge in [-0.05, 0) is 25.0 Å². The van der Waals surface area contributed by atoms with Gasteiger partial charge in [-0.25, -0.2) is 0 Å².